The van der Waals surface area contributed by atoms with E-state index in [1.807, 2.05) is 61.5 Å². The van der Waals surface area contributed by atoms with Crippen LogP contribution in [0.15, 0.2) is 59.0 Å². The number of carbonyl (C=O) groups is 1. The lowest BCUT2D eigenvalue weighted by Gasteiger charge is -2.40. The minimum absolute atomic E-state index is 0.308. The molecule has 0 radical (unpaired) electrons. The van der Waals surface area contributed by atoms with Gasteiger partial charge in [0.1, 0.15) is 5.76 Å². The molecule has 2 aromatic carbocycles. The molecule has 6 heteroatoms. The molecule has 0 saturated carbocycles. The maximum Gasteiger partial charge on any atom is 0.337 e. The van der Waals surface area contributed by atoms with Gasteiger partial charge in [-0.3, -0.25) is 4.90 Å². The van der Waals surface area contributed by atoms with Crippen molar-refractivity contribution >= 4 is 11.7 Å². The van der Waals surface area contributed by atoms with E-state index in [9.17, 15) is 4.79 Å². The van der Waals surface area contributed by atoms with Gasteiger partial charge < -0.3 is 14.1 Å². The molecule has 0 spiro atoms. The molecule has 156 valence electrons. The summed E-state index contributed by atoms with van der Waals surface area (Å²) in [5.41, 5.74) is 3.69. The molecule has 0 bridgehead atoms. The summed E-state index contributed by atoms with van der Waals surface area (Å²) in [6.07, 6.45) is 0. The summed E-state index contributed by atoms with van der Waals surface area (Å²) < 4.78 is 10.7. The minimum Gasteiger partial charge on any atom is -0.465 e. The van der Waals surface area contributed by atoms with Crippen LogP contribution in [0.1, 0.15) is 28.7 Å². The fourth-order valence-corrected chi connectivity index (χ4v) is 3.86. The molecule has 6 nitrogen and oxygen atoms in total. The monoisotopic (exact) mass is 405 g/mol. The fourth-order valence-electron chi connectivity index (χ4n) is 3.86. The summed E-state index contributed by atoms with van der Waals surface area (Å²) in [6.45, 7) is 7.77. The molecule has 2 heterocycles. The number of anilines is 1. The van der Waals surface area contributed by atoms with Crippen molar-refractivity contribution in [3.8, 4) is 11.5 Å². The van der Waals surface area contributed by atoms with Crippen LogP contribution in [0, 0.1) is 6.92 Å². The number of rotatable bonds is 5. The second-order valence-corrected chi connectivity index (χ2v) is 7.69. The molecule has 0 aliphatic carbocycles. The number of oxazole rings is 1. The number of esters is 1. The van der Waals surface area contributed by atoms with Crippen LogP contribution in [-0.2, 0) is 11.3 Å². The molecule has 30 heavy (non-hydrogen) atoms. The zero-order chi connectivity index (χ0) is 21.1. The van der Waals surface area contributed by atoms with E-state index in [-0.39, 0.29) is 5.97 Å². The maximum atomic E-state index is 11.6. The second kappa shape index (κ2) is 8.71. The largest absolute Gasteiger partial charge is 0.465 e. The Morgan fingerprint density at radius 2 is 1.87 bits per heavy atom. The molecule has 0 N–H and O–H groups in total. The first kappa shape index (κ1) is 20.2. The Morgan fingerprint density at radius 1 is 1.13 bits per heavy atom. The topological polar surface area (TPSA) is 58.8 Å². The minimum atomic E-state index is -0.308. The lowest BCUT2D eigenvalue weighted by atomic mass is 10.1. The zero-order valence-corrected chi connectivity index (χ0v) is 17.7. The Kier molecular flexibility index (Phi) is 5.86. The van der Waals surface area contributed by atoms with Crippen LogP contribution in [0.4, 0.5) is 5.69 Å². The Hall–Kier alpha value is -3.12. The van der Waals surface area contributed by atoms with Gasteiger partial charge in [-0.1, -0.05) is 18.2 Å². The zero-order valence-electron chi connectivity index (χ0n) is 17.7. The van der Waals surface area contributed by atoms with Gasteiger partial charge in [0.25, 0.3) is 0 Å². The van der Waals surface area contributed by atoms with E-state index < -0.39 is 0 Å². The predicted octanol–water partition coefficient (Wildman–Crippen LogP) is 4.15. The predicted molar refractivity (Wildman–Crippen MR) is 117 cm³/mol. The molecule has 4 rings (SSSR count). The molecule has 3 aromatic rings. The van der Waals surface area contributed by atoms with E-state index in [1.54, 1.807) is 0 Å². The van der Waals surface area contributed by atoms with Gasteiger partial charge in [-0.15, -0.1) is 0 Å². The summed E-state index contributed by atoms with van der Waals surface area (Å²) in [7, 11) is 1.40. The van der Waals surface area contributed by atoms with Gasteiger partial charge in [0.2, 0.25) is 5.89 Å². The van der Waals surface area contributed by atoms with Crippen molar-refractivity contribution in [2.75, 3.05) is 31.6 Å². The van der Waals surface area contributed by atoms with E-state index >= 15 is 0 Å². The number of hydrogen-bond acceptors (Lipinski definition) is 6. The highest BCUT2D eigenvalue weighted by molar-refractivity contribution is 5.89. The van der Waals surface area contributed by atoms with Crippen LogP contribution in [-0.4, -0.2) is 48.6 Å². The third kappa shape index (κ3) is 4.24. The molecule has 1 aromatic heterocycles. The van der Waals surface area contributed by atoms with E-state index in [2.05, 4.69) is 16.7 Å². The van der Waals surface area contributed by atoms with Crippen LogP contribution < -0.4 is 4.90 Å². The van der Waals surface area contributed by atoms with Crippen molar-refractivity contribution in [3.63, 3.8) is 0 Å². The number of hydrogen-bond donors (Lipinski definition) is 0. The Labute approximate surface area is 177 Å². The van der Waals surface area contributed by atoms with Crippen molar-refractivity contribution < 1.29 is 13.9 Å². The first-order chi connectivity index (χ1) is 14.5. The average Bonchev–Trinajstić information content (AvgIpc) is 3.15. The Morgan fingerprint density at radius 3 is 2.53 bits per heavy atom. The number of carbonyl (C=O) groups excluding carboxylic acids is 1. The molecule has 1 unspecified atom stereocenters. The molecular formula is C24H27N3O3. The molecular weight excluding hydrogens is 378 g/mol. The SMILES string of the molecule is COC(=O)c1ccc(N2CCN(Cc3nc(-c4ccccc4)oc3C)C(C)C2)cc1. The van der Waals surface area contributed by atoms with Gasteiger partial charge in [-0.25, -0.2) is 9.78 Å². The highest BCUT2D eigenvalue weighted by atomic mass is 16.5. The van der Waals surface area contributed by atoms with Gasteiger partial charge in [-0.2, -0.15) is 0 Å². The summed E-state index contributed by atoms with van der Waals surface area (Å²) in [4.78, 5) is 21.2. The maximum absolute atomic E-state index is 11.6. The van der Waals surface area contributed by atoms with Gasteiger partial charge in [-0.05, 0) is 50.2 Å². The first-order valence-electron chi connectivity index (χ1n) is 10.2. The summed E-state index contributed by atoms with van der Waals surface area (Å²) in [5, 5.41) is 0. The number of benzene rings is 2. The molecule has 1 fully saturated rings. The van der Waals surface area contributed by atoms with Gasteiger partial charge in [0.05, 0.1) is 18.4 Å². The number of nitrogens with zero attached hydrogens (tertiary/aromatic N) is 3. The van der Waals surface area contributed by atoms with E-state index in [4.69, 9.17) is 14.1 Å². The summed E-state index contributed by atoms with van der Waals surface area (Å²) >= 11 is 0. The number of piperazine rings is 1. The Balaban J connectivity index is 1.40. The standard InChI is InChI=1S/C24H27N3O3/c1-17-15-27(21-11-9-20(10-12-21)24(28)29-3)14-13-26(17)16-22-18(2)30-23(25-22)19-7-5-4-6-8-19/h4-12,17H,13-16H2,1-3H3. The smallest absolute Gasteiger partial charge is 0.337 e. The van der Waals surface area contributed by atoms with Crippen molar-refractivity contribution in [1.82, 2.24) is 9.88 Å². The highest BCUT2D eigenvalue weighted by Gasteiger charge is 2.26. The number of aryl methyl sites for hydroxylation is 1. The Bertz CT molecular complexity index is 998. The van der Waals surface area contributed by atoms with Crippen molar-refractivity contribution in [2.24, 2.45) is 0 Å². The fraction of sp³-hybridized carbons (Fsp3) is 0.333. The van der Waals surface area contributed by atoms with Crippen LogP contribution in [0.25, 0.3) is 11.5 Å². The molecule has 0 amide bonds. The summed E-state index contributed by atoms with van der Waals surface area (Å²) in [6, 6.07) is 18.0. The van der Waals surface area contributed by atoms with Crippen molar-refractivity contribution in [2.45, 2.75) is 26.4 Å². The molecule has 1 aliphatic rings. The molecule has 1 aliphatic heterocycles. The van der Waals surface area contributed by atoms with E-state index in [0.717, 1.165) is 48.9 Å². The first-order valence-corrected chi connectivity index (χ1v) is 10.2. The van der Waals surface area contributed by atoms with Gasteiger partial charge >= 0.3 is 5.97 Å². The molecule has 1 saturated heterocycles. The van der Waals surface area contributed by atoms with Crippen LogP contribution >= 0.6 is 0 Å². The summed E-state index contributed by atoms with van der Waals surface area (Å²) in [5.74, 6) is 1.25. The average molecular weight is 405 g/mol. The van der Waals surface area contributed by atoms with Crippen molar-refractivity contribution in [3.05, 3.63) is 71.6 Å². The number of ether oxygens (including phenoxy) is 1. The molecule has 1 atom stereocenters. The van der Waals surface area contributed by atoms with Crippen LogP contribution in [0.5, 0.6) is 0 Å². The van der Waals surface area contributed by atoms with Gasteiger partial charge in [0, 0.05) is 43.5 Å². The quantitative estimate of drug-likeness (QED) is 0.595. The highest BCUT2D eigenvalue weighted by Crippen LogP contribution is 2.25. The van der Waals surface area contributed by atoms with Crippen molar-refractivity contribution in [1.29, 1.82) is 0 Å². The van der Waals surface area contributed by atoms with Crippen LogP contribution in [0.2, 0.25) is 0 Å². The second-order valence-electron chi connectivity index (χ2n) is 7.69. The van der Waals surface area contributed by atoms with E-state index in [1.165, 1.54) is 7.11 Å². The lowest BCUT2D eigenvalue weighted by molar-refractivity contribution is 0.0600. The normalized spacial score (nSPS) is 17.2. The van der Waals surface area contributed by atoms with E-state index in [0.29, 0.717) is 17.5 Å². The third-order valence-electron chi connectivity index (χ3n) is 5.68. The third-order valence-corrected chi connectivity index (χ3v) is 5.68. The van der Waals surface area contributed by atoms with Gasteiger partial charge in [0.15, 0.2) is 0 Å². The number of methoxy groups -OCH3 is 1. The van der Waals surface area contributed by atoms with Crippen LogP contribution in [0.3, 0.4) is 0 Å². The lowest BCUT2D eigenvalue weighted by Crippen LogP contribution is -2.51. The number of aromatic nitrogens is 1.